The van der Waals surface area contributed by atoms with Gasteiger partial charge >= 0.3 is 0 Å². The number of carbonyl (C=O) groups excluding carboxylic acids is 1. The van der Waals surface area contributed by atoms with Crippen LogP contribution in [-0.2, 0) is 11.3 Å². The fourth-order valence-corrected chi connectivity index (χ4v) is 6.10. The lowest BCUT2D eigenvalue weighted by Gasteiger charge is -2.46. The summed E-state index contributed by atoms with van der Waals surface area (Å²) >= 11 is 0. The Labute approximate surface area is 196 Å². The van der Waals surface area contributed by atoms with Crippen LogP contribution < -0.4 is 10.2 Å². The Morgan fingerprint density at radius 1 is 1.15 bits per heavy atom. The lowest BCUT2D eigenvalue weighted by Crippen LogP contribution is -2.57. The average molecular weight is 455 g/mol. The lowest BCUT2D eigenvalue weighted by molar-refractivity contribution is -0.125. The molecule has 180 valence electrons. The third kappa shape index (κ3) is 4.88. The van der Waals surface area contributed by atoms with Gasteiger partial charge in [-0.1, -0.05) is 19.3 Å². The third-order valence-electron chi connectivity index (χ3n) is 7.82. The standard InChI is InChI=1S/C25H38N6O2/c1-18-14-28(15-19(2)30(18)17-20-6-4-3-5-7-20)16-21-8-11-31-22(12-21)23(13-26-31)29-10-9-24(32)27-25(29)33/h8,11-13,18-20,25,33H,3-7,9-10,14-17H2,1-2H3,(H,27,32)/t18-,19-,25?/m0/s1. The smallest absolute Gasteiger partial charge is 0.225 e. The second-order valence-electron chi connectivity index (χ2n) is 10.4. The highest BCUT2D eigenvalue weighted by Crippen LogP contribution is 2.29. The number of hydrogen-bond acceptors (Lipinski definition) is 6. The van der Waals surface area contributed by atoms with Gasteiger partial charge in [-0.05, 0) is 50.3 Å². The minimum Gasteiger partial charge on any atom is -0.356 e. The number of anilines is 1. The molecule has 5 rings (SSSR count). The molecule has 33 heavy (non-hydrogen) atoms. The predicted octanol–water partition coefficient (Wildman–Crippen LogP) is 2.41. The summed E-state index contributed by atoms with van der Waals surface area (Å²) < 4.78 is 1.84. The highest BCUT2D eigenvalue weighted by atomic mass is 16.3. The van der Waals surface area contributed by atoms with Crippen LogP contribution in [0.2, 0.25) is 0 Å². The van der Waals surface area contributed by atoms with Crippen molar-refractivity contribution in [2.24, 2.45) is 5.92 Å². The minimum atomic E-state index is -1.01. The van der Waals surface area contributed by atoms with Crippen molar-refractivity contribution in [3.63, 3.8) is 0 Å². The number of carbonyl (C=O) groups is 1. The first-order valence-electron chi connectivity index (χ1n) is 12.7. The maximum atomic E-state index is 11.6. The number of pyridine rings is 1. The molecule has 1 unspecified atom stereocenters. The van der Waals surface area contributed by atoms with Gasteiger partial charge in [0.05, 0.1) is 17.4 Å². The third-order valence-corrected chi connectivity index (χ3v) is 7.82. The molecule has 0 spiro atoms. The van der Waals surface area contributed by atoms with E-state index in [1.54, 1.807) is 6.20 Å². The summed E-state index contributed by atoms with van der Waals surface area (Å²) in [6.45, 7) is 9.60. The van der Waals surface area contributed by atoms with Crippen molar-refractivity contribution in [3.8, 4) is 0 Å². The number of rotatable bonds is 5. The van der Waals surface area contributed by atoms with Crippen LogP contribution in [-0.4, -0.2) is 75.0 Å². The molecule has 2 N–H and O–H groups in total. The van der Waals surface area contributed by atoms with E-state index < -0.39 is 6.35 Å². The van der Waals surface area contributed by atoms with E-state index in [-0.39, 0.29) is 5.91 Å². The molecule has 3 fully saturated rings. The molecule has 0 aromatic carbocycles. The molecule has 2 aliphatic heterocycles. The highest BCUT2D eigenvalue weighted by Gasteiger charge is 2.31. The second-order valence-corrected chi connectivity index (χ2v) is 10.4. The van der Waals surface area contributed by atoms with Crippen molar-refractivity contribution >= 4 is 17.1 Å². The first kappa shape index (κ1) is 22.6. The summed E-state index contributed by atoms with van der Waals surface area (Å²) in [5.41, 5.74) is 3.06. The molecule has 4 heterocycles. The molecular formula is C25H38N6O2. The number of aliphatic hydroxyl groups excluding tert-OH is 1. The fraction of sp³-hybridized carbons (Fsp3) is 0.680. The molecule has 0 radical (unpaired) electrons. The number of amides is 1. The van der Waals surface area contributed by atoms with Crippen LogP contribution in [0.1, 0.15) is 57.9 Å². The zero-order chi connectivity index (χ0) is 22.9. The number of nitrogens with zero attached hydrogens (tertiary/aromatic N) is 5. The summed E-state index contributed by atoms with van der Waals surface area (Å²) in [7, 11) is 0. The van der Waals surface area contributed by atoms with E-state index in [4.69, 9.17) is 0 Å². The van der Waals surface area contributed by atoms with E-state index in [1.807, 2.05) is 15.6 Å². The van der Waals surface area contributed by atoms with Gasteiger partial charge in [-0.2, -0.15) is 5.10 Å². The quantitative estimate of drug-likeness (QED) is 0.723. The first-order valence-corrected chi connectivity index (χ1v) is 12.7. The number of aliphatic hydroxyl groups is 1. The zero-order valence-electron chi connectivity index (χ0n) is 20.0. The van der Waals surface area contributed by atoms with Crippen LogP contribution in [0, 0.1) is 5.92 Å². The number of hydrogen-bond donors (Lipinski definition) is 2. The molecule has 1 amide bonds. The van der Waals surface area contributed by atoms with Gasteiger partial charge in [0.15, 0.2) is 0 Å². The Morgan fingerprint density at radius 2 is 1.91 bits per heavy atom. The van der Waals surface area contributed by atoms with Crippen molar-refractivity contribution in [2.45, 2.75) is 77.4 Å². The maximum Gasteiger partial charge on any atom is 0.225 e. The summed E-state index contributed by atoms with van der Waals surface area (Å²) in [6, 6.07) is 5.45. The van der Waals surface area contributed by atoms with Crippen LogP contribution >= 0.6 is 0 Å². The van der Waals surface area contributed by atoms with E-state index in [9.17, 15) is 9.90 Å². The number of fused-ring (bicyclic) bond motifs is 1. The summed E-state index contributed by atoms with van der Waals surface area (Å²) in [6.07, 6.45) is 10.2. The average Bonchev–Trinajstić information content (AvgIpc) is 3.20. The van der Waals surface area contributed by atoms with E-state index in [0.29, 0.717) is 25.0 Å². The molecule has 2 aromatic rings. The van der Waals surface area contributed by atoms with Gasteiger partial charge in [-0.3, -0.25) is 14.6 Å². The van der Waals surface area contributed by atoms with Crippen molar-refractivity contribution < 1.29 is 9.90 Å². The van der Waals surface area contributed by atoms with Gasteiger partial charge in [-0.25, -0.2) is 4.52 Å². The van der Waals surface area contributed by atoms with E-state index >= 15 is 0 Å². The van der Waals surface area contributed by atoms with Gasteiger partial charge in [0, 0.05) is 57.4 Å². The number of aromatic nitrogens is 2. The minimum absolute atomic E-state index is 0.123. The van der Waals surface area contributed by atoms with Crippen molar-refractivity contribution in [3.05, 3.63) is 30.1 Å². The normalized spacial score (nSPS) is 28.4. The molecule has 3 aliphatic rings. The molecule has 2 saturated heterocycles. The van der Waals surface area contributed by atoms with Gasteiger partial charge in [0.25, 0.3) is 0 Å². The summed E-state index contributed by atoms with van der Waals surface area (Å²) in [5.74, 6) is 0.759. The Balaban J connectivity index is 1.26. The Kier molecular flexibility index (Phi) is 6.58. The summed E-state index contributed by atoms with van der Waals surface area (Å²) in [5, 5.41) is 17.4. The SMILES string of the molecule is C[C@H]1CN(Cc2ccn3ncc(N4CCC(=O)NC4O)c3c2)C[C@H](C)N1CC1CCCCC1. The molecular weight excluding hydrogens is 416 g/mol. The van der Waals surface area contributed by atoms with Crippen LogP contribution in [0.5, 0.6) is 0 Å². The van der Waals surface area contributed by atoms with Crippen molar-refractivity contribution in [2.75, 3.05) is 31.1 Å². The molecule has 2 aromatic heterocycles. The Hall–Kier alpha value is -2.16. The van der Waals surface area contributed by atoms with E-state index in [0.717, 1.165) is 36.8 Å². The maximum absolute atomic E-state index is 11.6. The van der Waals surface area contributed by atoms with Crippen LogP contribution in [0.15, 0.2) is 24.5 Å². The lowest BCUT2D eigenvalue weighted by atomic mass is 9.88. The summed E-state index contributed by atoms with van der Waals surface area (Å²) in [4.78, 5) is 18.7. The van der Waals surface area contributed by atoms with E-state index in [1.165, 1.54) is 44.2 Å². The van der Waals surface area contributed by atoms with Crippen molar-refractivity contribution in [1.29, 1.82) is 0 Å². The largest absolute Gasteiger partial charge is 0.356 e. The van der Waals surface area contributed by atoms with Crippen LogP contribution in [0.3, 0.4) is 0 Å². The monoisotopic (exact) mass is 454 g/mol. The van der Waals surface area contributed by atoms with Crippen molar-refractivity contribution in [1.82, 2.24) is 24.7 Å². The van der Waals surface area contributed by atoms with Gasteiger partial charge in [-0.15, -0.1) is 0 Å². The predicted molar refractivity (Wildman–Crippen MR) is 129 cm³/mol. The Morgan fingerprint density at radius 3 is 2.64 bits per heavy atom. The fourth-order valence-electron chi connectivity index (χ4n) is 6.10. The molecule has 8 nitrogen and oxygen atoms in total. The number of piperazine rings is 1. The second kappa shape index (κ2) is 9.60. The van der Waals surface area contributed by atoms with Gasteiger partial charge in [0.1, 0.15) is 0 Å². The van der Waals surface area contributed by atoms with Gasteiger partial charge in [0.2, 0.25) is 12.3 Å². The molecule has 1 aliphatic carbocycles. The number of nitrogens with one attached hydrogen (secondary N) is 1. The first-order chi connectivity index (χ1) is 16.0. The van der Waals surface area contributed by atoms with E-state index in [2.05, 4.69) is 46.2 Å². The topological polar surface area (TPSA) is 76.3 Å². The molecule has 8 heteroatoms. The van der Waals surface area contributed by atoms with Crippen LogP contribution in [0.25, 0.3) is 5.52 Å². The molecule has 0 bridgehead atoms. The van der Waals surface area contributed by atoms with Gasteiger partial charge < -0.3 is 15.3 Å². The zero-order valence-corrected chi connectivity index (χ0v) is 20.0. The molecule has 3 atom stereocenters. The Bertz CT molecular complexity index is 959. The highest BCUT2D eigenvalue weighted by molar-refractivity contribution is 5.81. The molecule has 1 saturated carbocycles. The van der Waals surface area contributed by atoms with Crippen LogP contribution in [0.4, 0.5) is 5.69 Å².